The van der Waals surface area contributed by atoms with Crippen LogP contribution in [0.4, 0.5) is 14.6 Å². The molecule has 0 bridgehead atoms. The summed E-state index contributed by atoms with van der Waals surface area (Å²) in [6, 6.07) is 6.17. The van der Waals surface area contributed by atoms with Crippen molar-refractivity contribution in [3.8, 4) is 17.5 Å². The summed E-state index contributed by atoms with van der Waals surface area (Å²) in [6.45, 7) is 0. The number of hydrogen-bond donors (Lipinski definition) is 1. The van der Waals surface area contributed by atoms with Crippen LogP contribution >= 0.6 is 0 Å². The van der Waals surface area contributed by atoms with Crippen LogP contribution in [0.1, 0.15) is 0 Å². The number of benzene rings is 1. The second-order valence-electron chi connectivity index (χ2n) is 3.16. The molecule has 0 unspecified atom stereocenters. The van der Waals surface area contributed by atoms with E-state index >= 15 is 0 Å². The molecular formula is C11H6F2N4. The maximum atomic E-state index is 13.4. The standard InChI is InChI=1S/C11H6F2N4/c12-7-1-2-8(9(13)5-7)10-3-4-11(15-6-14)17-16-10/h1-5H,(H,15,17). The van der Waals surface area contributed by atoms with Crippen molar-refractivity contribution in [3.63, 3.8) is 0 Å². The zero-order valence-electron chi connectivity index (χ0n) is 8.48. The third kappa shape index (κ3) is 2.34. The number of nitrogens with zero attached hydrogens (tertiary/aromatic N) is 3. The summed E-state index contributed by atoms with van der Waals surface area (Å²) in [7, 11) is 0. The molecule has 1 N–H and O–H groups in total. The van der Waals surface area contributed by atoms with Crippen molar-refractivity contribution in [1.29, 1.82) is 5.26 Å². The first kappa shape index (κ1) is 11.0. The zero-order chi connectivity index (χ0) is 12.3. The van der Waals surface area contributed by atoms with Gasteiger partial charge in [-0.25, -0.2) is 8.78 Å². The summed E-state index contributed by atoms with van der Waals surface area (Å²) in [4.78, 5) is 0. The van der Waals surface area contributed by atoms with Crippen LogP contribution in [-0.2, 0) is 0 Å². The van der Waals surface area contributed by atoms with E-state index in [9.17, 15) is 8.78 Å². The van der Waals surface area contributed by atoms with E-state index in [1.807, 2.05) is 0 Å². The van der Waals surface area contributed by atoms with Crippen molar-refractivity contribution in [2.75, 3.05) is 5.32 Å². The molecule has 0 saturated heterocycles. The molecule has 6 heteroatoms. The minimum atomic E-state index is -0.708. The normalized spacial score (nSPS) is 9.71. The molecule has 0 atom stereocenters. The Morgan fingerprint density at radius 2 is 1.94 bits per heavy atom. The summed E-state index contributed by atoms with van der Waals surface area (Å²) in [5.41, 5.74) is 0.424. The number of nitriles is 1. The van der Waals surface area contributed by atoms with Crippen LogP contribution in [0.25, 0.3) is 11.3 Å². The van der Waals surface area contributed by atoms with E-state index in [1.165, 1.54) is 18.2 Å². The van der Waals surface area contributed by atoms with Crippen LogP contribution < -0.4 is 5.32 Å². The number of hydrogen-bond acceptors (Lipinski definition) is 4. The number of rotatable bonds is 2. The van der Waals surface area contributed by atoms with Crippen LogP contribution in [-0.4, -0.2) is 10.2 Å². The first-order chi connectivity index (χ1) is 8.20. The average Bonchev–Trinajstić information content (AvgIpc) is 2.31. The van der Waals surface area contributed by atoms with Crippen molar-refractivity contribution in [1.82, 2.24) is 10.2 Å². The third-order valence-electron chi connectivity index (χ3n) is 2.06. The zero-order valence-corrected chi connectivity index (χ0v) is 8.48. The van der Waals surface area contributed by atoms with Crippen molar-refractivity contribution < 1.29 is 8.78 Å². The quantitative estimate of drug-likeness (QED) is 0.637. The van der Waals surface area contributed by atoms with Gasteiger partial charge in [0.05, 0.1) is 5.69 Å². The van der Waals surface area contributed by atoms with Crippen molar-refractivity contribution in [3.05, 3.63) is 42.0 Å². The lowest BCUT2D eigenvalue weighted by atomic mass is 10.1. The Labute approximate surface area is 95.5 Å². The van der Waals surface area contributed by atoms with E-state index in [2.05, 4.69) is 15.5 Å². The van der Waals surface area contributed by atoms with Gasteiger partial charge < -0.3 is 0 Å². The molecule has 0 saturated carbocycles. The average molecular weight is 232 g/mol. The van der Waals surface area contributed by atoms with Gasteiger partial charge in [0.2, 0.25) is 0 Å². The molecule has 17 heavy (non-hydrogen) atoms. The van der Waals surface area contributed by atoms with Crippen LogP contribution in [0.3, 0.4) is 0 Å². The Kier molecular flexibility index (Phi) is 2.92. The Bertz CT molecular complexity index is 575. The molecule has 2 aromatic rings. The van der Waals surface area contributed by atoms with Crippen molar-refractivity contribution in [2.24, 2.45) is 0 Å². The van der Waals surface area contributed by atoms with E-state index < -0.39 is 11.6 Å². The first-order valence-electron chi connectivity index (χ1n) is 4.65. The van der Waals surface area contributed by atoms with Gasteiger partial charge in [-0.1, -0.05) is 0 Å². The van der Waals surface area contributed by atoms with Gasteiger partial charge in [-0.05, 0) is 24.3 Å². The van der Waals surface area contributed by atoms with Crippen molar-refractivity contribution >= 4 is 5.82 Å². The van der Waals surface area contributed by atoms with E-state index in [0.717, 1.165) is 12.1 Å². The summed E-state index contributed by atoms with van der Waals surface area (Å²) in [6.07, 6.45) is 1.69. The van der Waals surface area contributed by atoms with Crippen LogP contribution in [0.2, 0.25) is 0 Å². The minimum Gasteiger partial charge on any atom is -0.275 e. The highest BCUT2D eigenvalue weighted by molar-refractivity contribution is 5.60. The predicted octanol–water partition coefficient (Wildman–Crippen LogP) is 2.31. The molecule has 1 aromatic carbocycles. The SMILES string of the molecule is N#CNc1ccc(-c2ccc(F)cc2F)nn1. The minimum absolute atomic E-state index is 0.155. The van der Waals surface area contributed by atoms with Crippen LogP contribution in [0, 0.1) is 23.1 Å². The smallest absolute Gasteiger partial charge is 0.182 e. The fraction of sp³-hybridized carbons (Fsp3) is 0. The van der Waals surface area contributed by atoms with Gasteiger partial charge in [0.1, 0.15) is 11.6 Å². The van der Waals surface area contributed by atoms with Gasteiger partial charge in [-0.3, -0.25) is 5.32 Å². The molecule has 0 fully saturated rings. The molecule has 0 spiro atoms. The Morgan fingerprint density at radius 3 is 2.53 bits per heavy atom. The van der Waals surface area contributed by atoms with Gasteiger partial charge in [-0.2, -0.15) is 5.26 Å². The lowest BCUT2D eigenvalue weighted by Gasteiger charge is -2.02. The number of anilines is 1. The molecule has 0 radical (unpaired) electrons. The first-order valence-corrected chi connectivity index (χ1v) is 4.65. The summed E-state index contributed by atoms with van der Waals surface area (Å²) < 4.78 is 26.1. The monoisotopic (exact) mass is 232 g/mol. The maximum absolute atomic E-state index is 13.4. The van der Waals surface area contributed by atoms with Crippen LogP contribution in [0.15, 0.2) is 30.3 Å². The molecule has 0 amide bonds. The molecule has 4 nitrogen and oxygen atoms in total. The number of nitrogens with one attached hydrogen (secondary N) is 1. The second kappa shape index (κ2) is 4.53. The molecule has 1 heterocycles. The van der Waals surface area contributed by atoms with Crippen LogP contribution in [0.5, 0.6) is 0 Å². The summed E-state index contributed by atoms with van der Waals surface area (Å²) in [5, 5.41) is 18.0. The number of halogens is 2. The molecule has 0 aliphatic carbocycles. The highest BCUT2D eigenvalue weighted by atomic mass is 19.1. The largest absolute Gasteiger partial charge is 0.275 e. The van der Waals surface area contributed by atoms with Crippen molar-refractivity contribution in [2.45, 2.75) is 0 Å². The van der Waals surface area contributed by atoms with E-state index in [1.54, 1.807) is 6.19 Å². The van der Waals surface area contributed by atoms with E-state index in [4.69, 9.17) is 5.26 Å². The van der Waals surface area contributed by atoms with Gasteiger partial charge >= 0.3 is 0 Å². The van der Waals surface area contributed by atoms with E-state index in [0.29, 0.717) is 0 Å². The second-order valence-corrected chi connectivity index (χ2v) is 3.16. The fourth-order valence-corrected chi connectivity index (χ4v) is 1.30. The summed E-state index contributed by atoms with van der Waals surface area (Å²) >= 11 is 0. The van der Waals surface area contributed by atoms with E-state index in [-0.39, 0.29) is 17.1 Å². The highest BCUT2D eigenvalue weighted by Gasteiger charge is 2.08. The maximum Gasteiger partial charge on any atom is 0.182 e. The van der Waals surface area contributed by atoms with Gasteiger partial charge in [0, 0.05) is 11.6 Å². The molecule has 84 valence electrons. The Morgan fingerprint density at radius 1 is 1.12 bits per heavy atom. The molecular weight excluding hydrogens is 226 g/mol. The molecule has 0 aliphatic heterocycles. The molecule has 1 aromatic heterocycles. The highest BCUT2D eigenvalue weighted by Crippen LogP contribution is 2.21. The predicted molar refractivity (Wildman–Crippen MR) is 56.6 cm³/mol. The lowest BCUT2D eigenvalue weighted by molar-refractivity contribution is 0.585. The van der Waals surface area contributed by atoms with Gasteiger partial charge in [0.15, 0.2) is 12.0 Å². The Balaban J connectivity index is 2.37. The number of aromatic nitrogens is 2. The summed E-state index contributed by atoms with van der Waals surface area (Å²) in [5.74, 6) is -1.10. The molecule has 2 rings (SSSR count). The molecule has 0 aliphatic rings. The fourth-order valence-electron chi connectivity index (χ4n) is 1.30. The topological polar surface area (TPSA) is 61.6 Å². The Hall–Kier alpha value is -2.55. The van der Waals surface area contributed by atoms with Gasteiger partial charge in [0.25, 0.3) is 0 Å². The third-order valence-corrected chi connectivity index (χ3v) is 2.06. The van der Waals surface area contributed by atoms with Gasteiger partial charge in [-0.15, -0.1) is 10.2 Å². The lowest BCUT2D eigenvalue weighted by Crippen LogP contribution is -1.96.